The first-order valence-corrected chi connectivity index (χ1v) is 6.39. The van der Waals surface area contributed by atoms with E-state index < -0.39 is 4.92 Å². The molecule has 1 amide bonds. The Morgan fingerprint density at radius 3 is 2.70 bits per heavy atom. The van der Waals surface area contributed by atoms with Gasteiger partial charge in [-0.05, 0) is 39.5 Å². The molecule has 0 fully saturated rings. The van der Waals surface area contributed by atoms with Gasteiger partial charge in [-0.1, -0.05) is 6.07 Å². The van der Waals surface area contributed by atoms with Gasteiger partial charge in [-0.25, -0.2) is 0 Å². The van der Waals surface area contributed by atoms with Gasteiger partial charge in [-0.15, -0.1) is 0 Å². The molecular formula is C13H20N4O3. The average molecular weight is 280 g/mol. The molecule has 0 heterocycles. The predicted molar refractivity (Wildman–Crippen MR) is 77.6 cm³/mol. The van der Waals surface area contributed by atoms with Gasteiger partial charge in [0.05, 0.1) is 10.5 Å². The first-order valence-electron chi connectivity index (χ1n) is 6.39. The number of carbonyl (C=O) groups is 1. The van der Waals surface area contributed by atoms with E-state index in [0.29, 0.717) is 6.54 Å². The molecule has 0 spiro atoms. The van der Waals surface area contributed by atoms with Crippen LogP contribution in [-0.4, -0.2) is 42.9 Å². The van der Waals surface area contributed by atoms with Crippen LogP contribution in [-0.2, 0) is 0 Å². The fraction of sp³-hybridized carbons (Fsp3) is 0.462. The first kappa shape index (κ1) is 15.9. The number of nitrogen functional groups attached to an aromatic ring is 1. The van der Waals surface area contributed by atoms with Gasteiger partial charge in [0, 0.05) is 12.6 Å². The van der Waals surface area contributed by atoms with Gasteiger partial charge >= 0.3 is 0 Å². The molecule has 0 saturated heterocycles. The molecule has 1 aromatic rings. The van der Waals surface area contributed by atoms with Crippen molar-refractivity contribution in [1.29, 1.82) is 0 Å². The Labute approximate surface area is 117 Å². The number of unbranched alkanes of at least 4 members (excludes halogenated alkanes) is 1. The number of amides is 1. The molecule has 0 radical (unpaired) electrons. The fourth-order valence-electron chi connectivity index (χ4n) is 1.76. The van der Waals surface area contributed by atoms with Crippen molar-refractivity contribution in [2.45, 2.75) is 12.8 Å². The van der Waals surface area contributed by atoms with Crippen molar-refractivity contribution in [2.24, 2.45) is 0 Å². The highest BCUT2D eigenvalue weighted by Gasteiger charge is 2.18. The molecule has 0 aliphatic rings. The number of nitro benzene ring substituents is 1. The van der Waals surface area contributed by atoms with Crippen LogP contribution in [0.1, 0.15) is 23.2 Å². The normalized spacial score (nSPS) is 10.6. The molecule has 0 bridgehead atoms. The van der Waals surface area contributed by atoms with E-state index in [1.165, 1.54) is 18.2 Å². The summed E-state index contributed by atoms with van der Waals surface area (Å²) >= 11 is 0. The van der Waals surface area contributed by atoms with Crippen LogP contribution in [0.25, 0.3) is 0 Å². The summed E-state index contributed by atoms with van der Waals surface area (Å²) in [5.41, 5.74) is 5.45. The van der Waals surface area contributed by atoms with Crippen molar-refractivity contribution >= 4 is 17.3 Å². The van der Waals surface area contributed by atoms with E-state index in [1.54, 1.807) is 0 Å². The van der Waals surface area contributed by atoms with Gasteiger partial charge in [0.25, 0.3) is 11.6 Å². The first-order chi connectivity index (χ1) is 9.43. The Hall–Kier alpha value is -2.15. The van der Waals surface area contributed by atoms with E-state index in [4.69, 9.17) is 5.73 Å². The number of carbonyl (C=O) groups excluding carboxylic acids is 1. The highest BCUT2D eigenvalue weighted by Crippen LogP contribution is 2.24. The molecule has 1 aromatic carbocycles. The summed E-state index contributed by atoms with van der Waals surface area (Å²) in [5, 5.41) is 13.5. The monoisotopic (exact) mass is 280 g/mol. The number of nitro groups is 1. The van der Waals surface area contributed by atoms with Crippen molar-refractivity contribution < 1.29 is 9.72 Å². The van der Waals surface area contributed by atoms with Crippen LogP contribution in [0, 0.1) is 10.1 Å². The number of hydrogen-bond acceptors (Lipinski definition) is 5. The number of anilines is 1. The maximum atomic E-state index is 11.9. The topological polar surface area (TPSA) is 102 Å². The van der Waals surface area contributed by atoms with Crippen molar-refractivity contribution in [3.05, 3.63) is 33.9 Å². The molecule has 0 atom stereocenters. The van der Waals surface area contributed by atoms with Gasteiger partial charge in [0.2, 0.25) is 0 Å². The summed E-state index contributed by atoms with van der Waals surface area (Å²) in [6.07, 6.45) is 1.82. The van der Waals surface area contributed by atoms with Crippen LogP contribution in [0.3, 0.4) is 0 Å². The molecular weight excluding hydrogens is 260 g/mol. The van der Waals surface area contributed by atoms with Crippen LogP contribution < -0.4 is 11.1 Å². The third kappa shape index (κ3) is 4.51. The second-order valence-corrected chi connectivity index (χ2v) is 4.76. The smallest absolute Gasteiger partial charge is 0.292 e. The molecule has 0 aliphatic carbocycles. The zero-order chi connectivity index (χ0) is 15.1. The van der Waals surface area contributed by atoms with E-state index in [-0.39, 0.29) is 22.8 Å². The van der Waals surface area contributed by atoms with E-state index in [2.05, 4.69) is 10.2 Å². The van der Waals surface area contributed by atoms with Crippen molar-refractivity contribution in [1.82, 2.24) is 10.2 Å². The number of benzene rings is 1. The lowest BCUT2D eigenvalue weighted by atomic mass is 10.1. The van der Waals surface area contributed by atoms with E-state index >= 15 is 0 Å². The minimum atomic E-state index is -0.594. The molecule has 3 N–H and O–H groups in total. The number of para-hydroxylation sites is 1. The van der Waals surface area contributed by atoms with Crippen LogP contribution in [0.15, 0.2) is 18.2 Å². The minimum Gasteiger partial charge on any atom is -0.393 e. The van der Waals surface area contributed by atoms with Gasteiger partial charge in [-0.3, -0.25) is 14.9 Å². The second-order valence-electron chi connectivity index (χ2n) is 4.76. The third-order valence-corrected chi connectivity index (χ3v) is 2.84. The molecule has 1 rings (SSSR count). The zero-order valence-electron chi connectivity index (χ0n) is 11.8. The highest BCUT2D eigenvalue weighted by molar-refractivity contribution is 6.00. The number of nitrogens with one attached hydrogen (secondary N) is 1. The molecule has 7 nitrogen and oxygen atoms in total. The lowest BCUT2D eigenvalue weighted by Gasteiger charge is -2.10. The van der Waals surface area contributed by atoms with Gasteiger partial charge in [0.1, 0.15) is 5.69 Å². The van der Waals surface area contributed by atoms with Gasteiger partial charge < -0.3 is 16.0 Å². The molecule has 110 valence electrons. The van der Waals surface area contributed by atoms with Crippen LogP contribution in [0.4, 0.5) is 11.4 Å². The van der Waals surface area contributed by atoms with Gasteiger partial charge in [0.15, 0.2) is 0 Å². The average Bonchev–Trinajstić information content (AvgIpc) is 2.37. The minimum absolute atomic E-state index is 0.0942. The SMILES string of the molecule is CN(C)CCCCNC(=O)c1cccc([N+](=O)[O-])c1N. The summed E-state index contributed by atoms with van der Waals surface area (Å²) in [5.74, 6) is -0.379. The summed E-state index contributed by atoms with van der Waals surface area (Å²) in [7, 11) is 3.98. The lowest BCUT2D eigenvalue weighted by Crippen LogP contribution is -2.26. The van der Waals surface area contributed by atoms with Crippen molar-refractivity contribution in [2.75, 3.05) is 32.9 Å². The van der Waals surface area contributed by atoms with E-state index in [0.717, 1.165) is 19.4 Å². The molecule has 0 aromatic heterocycles. The number of hydrogen-bond donors (Lipinski definition) is 2. The zero-order valence-corrected chi connectivity index (χ0v) is 11.8. The third-order valence-electron chi connectivity index (χ3n) is 2.84. The number of rotatable bonds is 7. The van der Waals surface area contributed by atoms with Crippen LogP contribution in [0.5, 0.6) is 0 Å². The fourth-order valence-corrected chi connectivity index (χ4v) is 1.76. The molecule has 0 saturated carbocycles. The maximum absolute atomic E-state index is 11.9. The Kier molecular flexibility index (Phi) is 5.92. The molecule has 7 heteroatoms. The maximum Gasteiger partial charge on any atom is 0.292 e. The van der Waals surface area contributed by atoms with Crippen LogP contribution >= 0.6 is 0 Å². The summed E-state index contributed by atoms with van der Waals surface area (Å²) < 4.78 is 0. The van der Waals surface area contributed by atoms with E-state index in [9.17, 15) is 14.9 Å². The Bertz CT molecular complexity index is 489. The number of nitrogens with zero attached hydrogens (tertiary/aromatic N) is 2. The predicted octanol–water partition coefficient (Wildman–Crippen LogP) is 1.25. The Morgan fingerprint density at radius 2 is 2.10 bits per heavy atom. The molecule has 0 unspecified atom stereocenters. The van der Waals surface area contributed by atoms with Crippen molar-refractivity contribution in [3.63, 3.8) is 0 Å². The summed E-state index contributed by atoms with van der Waals surface area (Å²) in [4.78, 5) is 24.1. The largest absolute Gasteiger partial charge is 0.393 e. The Morgan fingerprint density at radius 1 is 1.40 bits per heavy atom. The Balaban J connectivity index is 2.56. The quantitative estimate of drug-likeness (QED) is 0.339. The standard InChI is InChI=1S/C13H20N4O3/c1-16(2)9-4-3-8-15-13(18)10-6-5-7-11(12(10)14)17(19)20/h5-7H,3-4,8-9,14H2,1-2H3,(H,15,18). The number of nitrogens with two attached hydrogens (primary N) is 1. The summed E-state index contributed by atoms with van der Waals surface area (Å²) in [6, 6.07) is 4.22. The van der Waals surface area contributed by atoms with Gasteiger partial charge in [-0.2, -0.15) is 0 Å². The van der Waals surface area contributed by atoms with Crippen LogP contribution in [0.2, 0.25) is 0 Å². The second kappa shape index (κ2) is 7.44. The van der Waals surface area contributed by atoms with Crippen molar-refractivity contribution in [3.8, 4) is 0 Å². The summed E-state index contributed by atoms with van der Waals surface area (Å²) in [6.45, 7) is 1.48. The van der Waals surface area contributed by atoms with E-state index in [1.807, 2.05) is 14.1 Å². The molecule has 20 heavy (non-hydrogen) atoms. The molecule has 0 aliphatic heterocycles. The lowest BCUT2D eigenvalue weighted by molar-refractivity contribution is -0.383. The highest BCUT2D eigenvalue weighted by atomic mass is 16.6.